The van der Waals surface area contributed by atoms with Gasteiger partial charge in [0.05, 0.1) is 22.4 Å². The van der Waals surface area contributed by atoms with Crippen LogP contribution in [0.15, 0.2) is 217 Å². The SMILES string of the molecule is c1ccc(-c2ccccc2-c2c(-c3ccccc3)cccc2-c2ccccc2N(c2cccc3ccccc23)c2cccc3oc4ccccc4c23)cc1. The molecule has 10 rings (SSSR count). The zero-order valence-corrected chi connectivity index (χ0v) is 29.6. The van der Waals surface area contributed by atoms with E-state index < -0.39 is 0 Å². The van der Waals surface area contributed by atoms with E-state index in [-0.39, 0.29) is 0 Å². The van der Waals surface area contributed by atoms with Gasteiger partial charge in [0.1, 0.15) is 11.2 Å². The van der Waals surface area contributed by atoms with E-state index in [1.165, 1.54) is 44.2 Å². The predicted molar refractivity (Wildman–Crippen MR) is 228 cm³/mol. The smallest absolute Gasteiger partial charge is 0.137 e. The molecule has 1 aromatic heterocycles. The molecule has 0 aliphatic rings. The first kappa shape index (κ1) is 31.6. The van der Waals surface area contributed by atoms with Crippen LogP contribution in [0.25, 0.3) is 77.2 Å². The molecule has 0 bridgehead atoms. The van der Waals surface area contributed by atoms with Gasteiger partial charge in [0.2, 0.25) is 0 Å². The number of para-hydroxylation sites is 2. The second-order valence-corrected chi connectivity index (χ2v) is 13.6. The second-order valence-electron chi connectivity index (χ2n) is 13.6. The van der Waals surface area contributed by atoms with Crippen molar-refractivity contribution in [2.75, 3.05) is 4.90 Å². The second kappa shape index (κ2) is 13.4. The number of nitrogens with zero attached hydrogens (tertiary/aromatic N) is 1. The average molecular weight is 690 g/mol. The van der Waals surface area contributed by atoms with Gasteiger partial charge in [-0.15, -0.1) is 0 Å². The van der Waals surface area contributed by atoms with E-state index >= 15 is 0 Å². The summed E-state index contributed by atoms with van der Waals surface area (Å²) in [4.78, 5) is 2.45. The fraction of sp³-hybridized carbons (Fsp3) is 0. The van der Waals surface area contributed by atoms with Crippen molar-refractivity contribution < 1.29 is 4.42 Å². The zero-order chi connectivity index (χ0) is 35.8. The lowest BCUT2D eigenvalue weighted by molar-refractivity contribution is 0.669. The maximum absolute atomic E-state index is 6.49. The molecule has 0 unspecified atom stereocenters. The Morgan fingerprint density at radius 3 is 1.61 bits per heavy atom. The lowest BCUT2D eigenvalue weighted by Gasteiger charge is -2.30. The Morgan fingerprint density at radius 2 is 0.796 bits per heavy atom. The standard InChI is InChI=1S/C52H35NO/c1-3-18-36(19-4-1)39-24-9-10-27-43(39)51-41(38-20-5-2-6-21-38)29-16-30-44(51)42-26-11-13-31-47(42)53(46-32-15-23-37-22-7-8-25-40(37)46)48-33-17-35-50-52(48)45-28-12-14-34-49(45)54-50/h1-35H. The largest absolute Gasteiger partial charge is 0.456 e. The van der Waals surface area contributed by atoms with Gasteiger partial charge in [-0.2, -0.15) is 0 Å². The molecule has 0 saturated heterocycles. The van der Waals surface area contributed by atoms with Gasteiger partial charge in [-0.3, -0.25) is 0 Å². The Hall–Kier alpha value is -7.16. The van der Waals surface area contributed by atoms with E-state index in [1.807, 2.05) is 6.07 Å². The number of hydrogen-bond donors (Lipinski definition) is 0. The van der Waals surface area contributed by atoms with Crippen LogP contribution in [0.3, 0.4) is 0 Å². The summed E-state index contributed by atoms with van der Waals surface area (Å²) in [5.74, 6) is 0. The third-order valence-electron chi connectivity index (χ3n) is 10.5. The molecule has 1 heterocycles. The van der Waals surface area contributed by atoms with Crippen molar-refractivity contribution in [1.82, 2.24) is 0 Å². The molecule has 0 N–H and O–H groups in total. The highest BCUT2D eigenvalue weighted by Gasteiger charge is 2.25. The van der Waals surface area contributed by atoms with Crippen molar-refractivity contribution in [2.24, 2.45) is 0 Å². The van der Waals surface area contributed by atoms with Gasteiger partial charge in [0.25, 0.3) is 0 Å². The first-order valence-electron chi connectivity index (χ1n) is 18.4. The number of fused-ring (bicyclic) bond motifs is 4. The highest BCUT2D eigenvalue weighted by molar-refractivity contribution is 6.15. The van der Waals surface area contributed by atoms with E-state index in [9.17, 15) is 0 Å². The van der Waals surface area contributed by atoms with E-state index in [0.717, 1.165) is 50.1 Å². The Bertz CT molecular complexity index is 2940. The molecular formula is C52H35NO. The summed E-state index contributed by atoms with van der Waals surface area (Å²) in [6.07, 6.45) is 0. The number of benzene rings is 9. The van der Waals surface area contributed by atoms with Crippen molar-refractivity contribution in [2.45, 2.75) is 0 Å². The molecule has 10 aromatic rings. The number of furan rings is 1. The van der Waals surface area contributed by atoms with E-state index in [4.69, 9.17) is 4.42 Å². The van der Waals surface area contributed by atoms with Crippen LogP contribution in [0.2, 0.25) is 0 Å². The average Bonchev–Trinajstić information content (AvgIpc) is 3.64. The molecule has 0 aliphatic heterocycles. The summed E-state index contributed by atoms with van der Waals surface area (Å²) in [5.41, 5.74) is 14.4. The molecule has 2 heteroatoms. The predicted octanol–water partition coefficient (Wildman–Crippen LogP) is 14.9. The molecule has 54 heavy (non-hydrogen) atoms. The van der Waals surface area contributed by atoms with Crippen molar-refractivity contribution in [3.05, 3.63) is 212 Å². The highest BCUT2D eigenvalue weighted by atomic mass is 16.3. The normalized spacial score (nSPS) is 11.3. The fourth-order valence-electron chi connectivity index (χ4n) is 8.13. The van der Waals surface area contributed by atoms with Gasteiger partial charge in [-0.05, 0) is 74.7 Å². The van der Waals surface area contributed by atoms with E-state index in [1.54, 1.807) is 0 Å². The van der Waals surface area contributed by atoms with Crippen LogP contribution in [0.4, 0.5) is 17.1 Å². The maximum atomic E-state index is 6.49. The summed E-state index contributed by atoms with van der Waals surface area (Å²) in [6, 6.07) is 76.0. The molecule has 0 saturated carbocycles. The molecular weight excluding hydrogens is 655 g/mol. The fourth-order valence-corrected chi connectivity index (χ4v) is 8.13. The van der Waals surface area contributed by atoms with Crippen LogP contribution in [0.5, 0.6) is 0 Å². The number of anilines is 3. The van der Waals surface area contributed by atoms with Crippen LogP contribution < -0.4 is 4.90 Å². The molecule has 0 radical (unpaired) electrons. The van der Waals surface area contributed by atoms with Crippen LogP contribution >= 0.6 is 0 Å². The van der Waals surface area contributed by atoms with Crippen molar-refractivity contribution >= 4 is 49.8 Å². The van der Waals surface area contributed by atoms with Crippen molar-refractivity contribution in [3.63, 3.8) is 0 Å². The molecule has 0 spiro atoms. The van der Waals surface area contributed by atoms with Gasteiger partial charge in [0.15, 0.2) is 0 Å². The van der Waals surface area contributed by atoms with Gasteiger partial charge >= 0.3 is 0 Å². The topological polar surface area (TPSA) is 16.4 Å². The molecule has 0 fully saturated rings. The molecule has 0 atom stereocenters. The van der Waals surface area contributed by atoms with Crippen molar-refractivity contribution in [3.8, 4) is 44.5 Å². The zero-order valence-electron chi connectivity index (χ0n) is 29.6. The minimum Gasteiger partial charge on any atom is -0.456 e. The first-order chi connectivity index (χ1) is 26.8. The highest BCUT2D eigenvalue weighted by Crippen LogP contribution is 2.51. The molecule has 9 aromatic carbocycles. The Balaban J connectivity index is 1.31. The Kier molecular flexibility index (Phi) is 7.85. The van der Waals surface area contributed by atoms with Crippen molar-refractivity contribution in [1.29, 1.82) is 0 Å². The van der Waals surface area contributed by atoms with E-state index in [0.29, 0.717) is 0 Å². The molecule has 2 nitrogen and oxygen atoms in total. The summed E-state index contributed by atoms with van der Waals surface area (Å²) in [6.45, 7) is 0. The van der Waals surface area contributed by atoms with Crippen LogP contribution in [-0.2, 0) is 0 Å². The lowest BCUT2D eigenvalue weighted by atomic mass is 9.84. The third kappa shape index (κ3) is 5.36. The summed E-state index contributed by atoms with van der Waals surface area (Å²) < 4.78 is 6.49. The third-order valence-corrected chi connectivity index (χ3v) is 10.5. The molecule has 0 aliphatic carbocycles. The van der Waals surface area contributed by atoms with Gasteiger partial charge in [-0.25, -0.2) is 0 Å². The first-order valence-corrected chi connectivity index (χ1v) is 18.4. The summed E-state index contributed by atoms with van der Waals surface area (Å²) in [7, 11) is 0. The van der Waals surface area contributed by atoms with Gasteiger partial charge in [-0.1, -0.05) is 182 Å². The summed E-state index contributed by atoms with van der Waals surface area (Å²) in [5, 5.41) is 4.54. The maximum Gasteiger partial charge on any atom is 0.137 e. The summed E-state index contributed by atoms with van der Waals surface area (Å²) >= 11 is 0. The molecule has 254 valence electrons. The number of rotatable bonds is 7. The monoisotopic (exact) mass is 689 g/mol. The van der Waals surface area contributed by atoms with Gasteiger partial charge in [0, 0.05) is 16.3 Å². The Labute approximate surface area is 314 Å². The minimum atomic E-state index is 0.861. The van der Waals surface area contributed by atoms with Crippen LogP contribution in [-0.4, -0.2) is 0 Å². The lowest BCUT2D eigenvalue weighted by Crippen LogP contribution is -2.12. The van der Waals surface area contributed by atoms with E-state index in [2.05, 4.69) is 211 Å². The van der Waals surface area contributed by atoms with Crippen LogP contribution in [0, 0.1) is 0 Å². The Morgan fingerprint density at radius 1 is 0.296 bits per heavy atom. The minimum absolute atomic E-state index is 0.861. The van der Waals surface area contributed by atoms with Gasteiger partial charge < -0.3 is 9.32 Å². The van der Waals surface area contributed by atoms with Crippen LogP contribution in [0.1, 0.15) is 0 Å². The molecule has 0 amide bonds. The quantitative estimate of drug-likeness (QED) is 0.166. The number of hydrogen-bond acceptors (Lipinski definition) is 2.